The molecule has 0 amide bonds. The van der Waals surface area contributed by atoms with E-state index in [1.54, 1.807) is 12.4 Å². The Morgan fingerprint density at radius 2 is 1.57 bits per heavy atom. The Kier molecular flexibility index (Phi) is 3.54. The van der Waals surface area contributed by atoms with Crippen molar-refractivity contribution < 1.29 is 0 Å². The van der Waals surface area contributed by atoms with Crippen molar-refractivity contribution in [1.82, 2.24) is 15.0 Å². The SMILES string of the molecule is Cc1ccc2nccc(N3CCN(c4ncccn4)CC3)c2c1. The van der Waals surface area contributed by atoms with E-state index in [0.717, 1.165) is 37.6 Å². The fourth-order valence-corrected chi connectivity index (χ4v) is 3.12. The Labute approximate surface area is 135 Å². The second-order valence-electron chi connectivity index (χ2n) is 5.87. The predicted molar refractivity (Wildman–Crippen MR) is 92.9 cm³/mol. The summed E-state index contributed by atoms with van der Waals surface area (Å²) in [6.07, 6.45) is 5.50. The molecule has 0 radical (unpaired) electrons. The molecule has 0 N–H and O–H groups in total. The van der Waals surface area contributed by atoms with E-state index in [4.69, 9.17) is 0 Å². The van der Waals surface area contributed by atoms with Gasteiger partial charge in [-0.3, -0.25) is 4.98 Å². The van der Waals surface area contributed by atoms with Gasteiger partial charge in [0.25, 0.3) is 0 Å². The van der Waals surface area contributed by atoms with E-state index in [9.17, 15) is 0 Å². The van der Waals surface area contributed by atoms with Gasteiger partial charge in [-0.25, -0.2) is 9.97 Å². The van der Waals surface area contributed by atoms with Gasteiger partial charge in [0.2, 0.25) is 5.95 Å². The van der Waals surface area contributed by atoms with Gasteiger partial charge in [0.1, 0.15) is 0 Å². The first kappa shape index (κ1) is 13.9. The van der Waals surface area contributed by atoms with Crippen LogP contribution < -0.4 is 9.80 Å². The van der Waals surface area contributed by atoms with Gasteiger partial charge in [0.15, 0.2) is 0 Å². The molecule has 3 heterocycles. The summed E-state index contributed by atoms with van der Waals surface area (Å²) >= 11 is 0. The van der Waals surface area contributed by atoms with Crippen LogP contribution in [0, 0.1) is 6.92 Å². The van der Waals surface area contributed by atoms with E-state index in [0.29, 0.717) is 0 Å². The zero-order valence-corrected chi connectivity index (χ0v) is 13.2. The third kappa shape index (κ3) is 2.70. The zero-order valence-electron chi connectivity index (χ0n) is 13.2. The van der Waals surface area contributed by atoms with E-state index >= 15 is 0 Å². The second kappa shape index (κ2) is 5.83. The van der Waals surface area contributed by atoms with E-state index in [1.165, 1.54) is 16.6 Å². The lowest BCUT2D eigenvalue weighted by atomic mass is 10.1. The van der Waals surface area contributed by atoms with Crippen LogP contribution in [0.2, 0.25) is 0 Å². The molecule has 1 fully saturated rings. The van der Waals surface area contributed by atoms with Gasteiger partial charge >= 0.3 is 0 Å². The Morgan fingerprint density at radius 1 is 0.826 bits per heavy atom. The number of benzene rings is 1. The second-order valence-corrected chi connectivity index (χ2v) is 5.87. The highest BCUT2D eigenvalue weighted by Crippen LogP contribution is 2.27. The number of hydrogen-bond donors (Lipinski definition) is 0. The van der Waals surface area contributed by atoms with Crippen molar-refractivity contribution in [3.63, 3.8) is 0 Å². The summed E-state index contributed by atoms with van der Waals surface area (Å²) in [7, 11) is 0. The lowest BCUT2D eigenvalue weighted by Crippen LogP contribution is -2.47. The number of aromatic nitrogens is 3. The molecule has 0 atom stereocenters. The zero-order chi connectivity index (χ0) is 15.6. The highest BCUT2D eigenvalue weighted by Gasteiger charge is 2.20. The molecular formula is C18H19N5. The summed E-state index contributed by atoms with van der Waals surface area (Å²) in [6, 6.07) is 10.4. The number of piperazine rings is 1. The minimum Gasteiger partial charge on any atom is -0.367 e. The van der Waals surface area contributed by atoms with Gasteiger partial charge in [0, 0.05) is 55.8 Å². The van der Waals surface area contributed by atoms with Crippen LogP contribution in [0.25, 0.3) is 10.9 Å². The first-order chi connectivity index (χ1) is 11.3. The van der Waals surface area contributed by atoms with E-state index in [2.05, 4.69) is 55.9 Å². The van der Waals surface area contributed by atoms with Crippen LogP contribution in [0.4, 0.5) is 11.6 Å². The lowest BCUT2D eigenvalue weighted by molar-refractivity contribution is 0.641. The van der Waals surface area contributed by atoms with Gasteiger partial charge < -0.3 is 9.80 Å². The van der Waals surface area contributed by atoms with Crippen LogP contribution in [-0.4, -0.2) is 41.1 Å². The molecule has 0 aliphatic carbocycles. The Balaban J connectivity index is 1.58. The molecule has 5 heteroatoms. The average Bonchev–Trinajstić information content (AvgIpc) is 2.62. The fraction of sp³-hybridized carbons (Fsp3) is 0.278. The normalized spacial score (nSPS) is 15.2. The maximum atomic E-state index is 4.48. The van der Waals surface area contributed by atoms with Gasteiger partial charge in [-0.2, -0.15) is 0 Å². The molecule has 0 spiro atoms. The molecule has 5 nitrogen and oxygen atoms in total. The number of nitrogens with zero attached hydrogens (tertiary/aromatic N) is 5. The van der Waals surface area contributed by atoms with E-state index in [1.807, 2.05) is 12.3 Å². The summed E-state index contributed by atoms with van der Waals surface area (Å²) in [4.78, 5) is 17.9. The topological polar surface area (TPSA) is 45.2 Å². The maximum Gasteiger partial charge on any atom is 0.225 e. The van der Waals surface area contributed by atoms with Crippen LogP contribution >= 0.6 is 0 Å². The molecular weight excluding hydrogens is 286 g/mol. The fourth-order valence-electron chi connectivity index (χ4n) is 3.12. The summed E-state index contributed by atoms with van der Waals surface area (Å²) in [6.45, 7) is 5.91. The van der Waals surface area contributed by atoms with Crippen molar-refractivity contribution in [2.45, 2.75) is 6.92 Å². The number of aryl methyl sites for hydroxylation is 1. The number of hydrogen-bond acceptors (Lipinski definition) is 5. The number of anilines is 2. The van der Waals surface area contributed by atoms with E-state index in [-0.39, 0.29) is 0 Å². The van der Waals surface area contributed by atoms with Crippen molar-refractivity contribution >= 4 is 22.5 Å². The third-order valence-corrected chi connectivity index (χ3v) is 4.33. The van der Waals surface area contributed by atoms with Crippen LogP contribution in [0.15, 0.2) is 48.9 Å². The molecule has 0 bridgehead atoms. The lowest BCUT2D eigenvalue weighted by Gasteiger charge is -2.36. The van der Waals surface area contributed by atoms with Crippen molar-refractivity contribution in [2.24, 2.45) is 0 Å². The summed E-state index contributed by atoms with van der Waals surface area (Å²) < 4.78 is 0. The first-order valence-electron chi connectivity index (χ1n) is 7.93. The highest BCUT2D eigenvalue weighted by molar-refractivity contribution is 5.92. The Hall–Kier alpha value is -2.69. The maximum absolute atomic E-state index is 4.48. The van der Waals surface area contributed by atoms with Crippen molar-refractivity contribution in [2.75, 3.05) is 36.0 Å². The molecule has 1 aliphatic heterocycles. The largest absolute Gasteiger partial charge is 0.367 e. The molecule has 2 aromatic heterocycles. The number of pyridine rings is 1. The standard InChI is InChI=1S/C18H19N5/c1-14-3-4-16-15(13-14)17(5-8-19-16)22-9-11-23(12-10-22)18-20-6-2-7-21-18/h2-8,13H,9-12H2,1H3. The molecule has 1 aliphatic rings. The van der Waals surface area contributed by atoms with Crippen LogP contribution in [0.5, 0.6) is 0 Å². The quantitative estimate of drug-likeness (QED) is 0.728. The number of rotatable bonds is 2. The van der Waals surface area contributed by atoms with Crippen molar-refractivity contribution in [1.29, 1.82) is 0 Å². The van der Waals surface area contributed by atoms with Crippen molar-refractivity contribution in [3.8, 4) is 0 Å². The minimum absolute atomic E-state index is 0.822. The van der Waals surface area contributed by atoms with Crippen LogP contribution in [0.1, 0.15) is 5.56 Å². The summed E-state index contributed by atoms with van der Waals surface area (Å²) in [5.41, 5.74) is 3.59. The third-order valence-electron chi connectivity index (χ3n) is 4.33. The van der Waals surface area contributed by atoms with Crippen LogP contribution in [-0.2, 0) is 0 Å². The van der Waals surface area contributed by atoms with Crippen molar-refractivity contribution in [3.05, 3.63) is 54.5 Å². The van der Waals surface area contributed by atoms with Gasteiger partial charge in [-0.15, -0.1) is 0 Å². The Morgan fingerprint density at radius 3 is 2.35 bits per heavy atom. The molecule has 1 saturated heterocycles. The van der Waals surface area contributed by atoms with Gasteiger partial charge in [-0.05, 0) is 31.2 Å². The molecule has 23 heavy (non-hydrogen) atoms. The molecule has 4 rings (SSSR count). The predicted octanol–water partition coefficient (Wildman–Crippen LogP) is 2.66. The average molecular weight is 305 g/mol. The summed E-state index contributed by atoms with van der Waals surface area (Å²) in [5, 5.41) is 1.23. The van der Waals surface area contributed by atoms with Crippen LogP contribution in [0.3, 0.4) is 0 Å². The first-order valence-corrected chi connectivity index (χ1v) is 7.93. The highest BCUT2D eigenvalue weighted by atomic mass is 15.3. The monoisotopic (exact) mass is 305 g/mol. The molecule has 0 unspecified atom stereocenters. The molecule has 116 valence electrons. The van der Waals surface area contributed by atoms with Gasteiger partial charge in [0.05, 0.1) is 5.52 Å². The minimum atomic E-state index is 0.822. The molecule has 0 saturated carbocycles. The Bertz CT molecular complexity index is 810. The number of fused-ring (bicyclic) bond motifs is 1. The molecule has 3 aromatic rings. The van der Waals surface area contributed by atoms with E-state index < -0.39 is 0 Å². The molecule has 1 aromatic carbocycles. The smallest absolute Gasteiger partial charge is 0.225 e. The van der Waals surface area contributed by atoms with Gasteiger partial charge in [-0.1, -0.05) is 11.6 Å². The summed E-state index contributed by atoms with van der Waals surface area (Å²) in [5.74, 6) is 0.822.